The lowest BCUT2D eigenvalue weighted by Crippen LogP contribution is -2.44. The van der Waals surface area contributed by atoms with Gasteiger partial charge in [-0.3, -0.25) is 4.79 Å². The van der Waals surface area contributed by atoms with Crippen LogP contribution in [0.4, 0.5) is 11.4 Å². The number of rotatable bonds is 1. The van der Waals surface area contributed by atoms with Crippen LogP contribution in [-0.4, -0.2) is 5.78 Å². The third kappa shape index (κ3) is 2.38. The van der Waals surface area contributed by atoms with E-state index in [9.17, 15) is 4.79 Å². The third-order valence-corrected chi connectivity index (χ3v) is 7.55. The molecule has 2 heteroatoms. The summed E-state index contributed by atoms with van der Waals surface area (Å²) in [5.41, 5.74) is 9.46. The average Bonchev–Trinajstić information content (AvgIpc) is 2.91. The summed E-state index contributed by atoms with van der Waals surface area (Å²) in [4.78, 5) is 16.0. The maximum atomic E-state index is 13.7. The van der Waals surface area contributed by atoms with E-state index in [1.54, 1.807) is 0 Å². The number of fused-ring (bicyclic) bond motifs is 7. The number of nitrogens with zero attached hydrogens (tertiary/aromatic N) is 1. The predicted molar refractivity (Wildman–Crippen MR) is 137 cm³/mol. The van der Waals surface area contributed by atoms with Crippen LogP contribution < -0.4 is 4.90 Å². The number of carbonyl (C=O) groups excluding carboxylic acids is 1. The molecule has 0 radical (unpaired) electrons. The zero-order chi connectivity index (χ0) is 22.7. The van der Waals surface area contributed by atoms with Gasteiger partial charge >= 0.3 is 0 Å². The zero-order valence-corrected chi connectivity index (χ0v) is 18.7. The first-order chi connectivity index (χ1) is 16.8. The highest BCUT2D eigenvalue weighted by Crippen LogP contribution is 2.59. The zero-order valence-electron chi connectivity index (χ0n) is 18.7. The van der Waals surface area contributed by atoms with E-state index in [0.29, 0.717) is 0 Å². The fraction of sp³-hybridized carbons (Fsp3) is 0.0938. The van der Waals surface area contributed by atoms with E-state index in [1.807, 2.05) is 24.3 Å². The first kappa shape index (κ1) is 19.3. The molecule has 0 aromatic heterocycles. The lowest BCUT2D eigenvalue weighted by molar-refractivity contribution is 0.103. The molecule has 162 valence electrons. The Morgan fingerprint density at radius 2 is 1.24 bits per heavy atom. The fourth-order valence-electron chi connectivity index (χ4n) is 6.30. The number of ketones is 1. The van der Waals surface area contributed by atoms with Crippen LogP contribution in [-0.2, 0) is 5.41 Å². The van der Waals surface area contributed by atoms with Crippen molar-refractivity contribution in [2.75, 3.05) is 4.90 Å². The molecule has 1 heterocycles. The second-order valence-electron chi connectivity index (χ2n) is 9.16. The van der Waals surface area contributed by atoms with Crippen molar-refractivity contribution >= 4 is 17.2 Å². The van der Waals surface area contributed by atoms with Crippen LogP contribution in [0.5, 0.6) is 0 Å². The number of carbonyl (C=O) groups is 1. The molecule has 0 fully saturated rings. The molecule has 2 nitrogen and oxygen atoms in total. The molecular weight excluding hydrogens is 414 g/mol. The Labute approximate surface area is 199 Å². The summed E-state index contributed by atoms with van der Waals surface area (Å²) in [6.45, 7) is 0. The van der Waals surface area contributed by atoms with E-state index in [-0.39, 0.29) is 5.78 Å². The Balaban J connectivity index is 1.68. The van der Waals surface area contributed by atoms with Crippen LogP contribution in [0.1, 0.15) is 45.5 Å². The predicted octanol–water partition coefficient (Wildman–Crippen LogP) is 7.32. The van der Waals surface area contributed by atoms with Gasteiger partial charge in [0.15, 0.2) is 5.78 Å². The minimum atomic E-state index is -0.497. The van der Waals surface area contributed by atoms with Gasteiger partial charge in [0.05, 0.1) is 11.1 Å². The molecular formula is C32H23NO. The van der Waals surface area contributed by atoms with Crippen molar-refractivity contribution in [3.63, 3.8) is 0 Å². The van der Waals surface area contributed by atoms with Gasteiger partial charge in [-0.15, -0.1) is 0 Å². The first-order valence-corrected chi connectivity index (χ1v) is 11.9. The molecule has 0 unspecified atom stereocenters. The smallest absolute Gasteiger partial charge is 0.193 e. The number of anilines is 2. The van der Waals surface area contributed by atoms with Crippen molar-refractivity contribution in [1.29, 1.82) is 0 Å². The molecule has 4 aromatic rings. The summed E-state index contributed by atoms with van der Waals surface area (Å²) >= 11 is 0. The molecule has 0 saturated carbocycles. The van der Waals surface area contributed by atoms with Crippen molar-refractivity contribution < 1.29 is 4.79 Å². The SMILES string of the molecule is O=C1c2ccccc2C2(C3=C(C=CCC3)N(c3ccccc3)c3ccccc32)c2ccccc21. The normalized spacial score (nSPS) is 17.2. The lowest BCUT2D eigenvalue weighted by atomic mass is 9.56. The molecule has 1 aliphatic heterocycles. The van der Waals surface area contributed by atoms with Gasteiger partial charge in [0.2, 0.25) is 0 Å². The van der Waals surface area contributed by atoms with Crippen LogP contribution >= 0.6 is 0 Å². The first-order valence-electron chi connectivity index (χ1n) is 11.9. The molecule has 34 heavy (non-hydrogen) atoms. The van der Waals surface area contributed by atoms with Crippen molar-refractivity contribution in [3.05, 3.63) is 154 Å². The highest BCUT2D eigenvalue weighted by Gasteiger charge is 2.52. The highest BCUT2D eigenvalue weighted by atomic mass is 16.1. The molecule has 2 aliphatic carbocycles. The minimum Gasteiger partial charge on any atom is -0.310 e. The van der Waals surface area contributed by atoms with Crippen molar-refractivity contribution in [2.24, 2.45) is 0 Å². The number of para-hydroxylation sites is 2. The van der Waals surface area contributed by atoms with E-state index in [0.717, 1.165) is 46.5 Å². The molecule has 3 aliphatic rings. The van der Waals surface area contributed by atoms with Gasteiger partial charge in [-0.05, 0) is 59.4 Å². The van der Waals surface area contributed by atoms with E-state index < -0.39 is 5.41 Å². The van der Waals surface area contributed by atoms with Gasteiger partial charge in [-0.1, -0.05) is 91.0 Å². The van der Waals surface area contributed by atoms with Crippen molar-refractivity contribution in [2.45, 2.75) is 18.3 Å². The summed E-state index contributed by atoms with van der Waals surface area (Å²) in [6, 6.07) is 35.8. The molecule has 7 rings (SSSR count). The minimum absolute atomic E-state index is 0.119. The molecule has 0 saturated heterocycles. The van der Waals surface area contributed by atoms with Crippen molar-refractivity contribution in [1.82, 2.24) is 0 Å². The van der Waals surface area contributed by atoms with E-state index in [1.165, 1.54) is 16.8 Å². The van der Waals surface area contributed by atoms with Crippen LogP contribution in [0.3, 0.4) is 0 Å². The number of allylic oxidation sites excluding steroid dienone is 3. The second-order valence-corrected chi connectivity index (χ2v) is 9.16. The highest BCUT2D eigenvalue weighted by molar-refractivity contribution is 6.14. The molecule has 0 bridgehead atoms. The topological polar surface area (TPSA) is 20.3 Å². The van der Waals surface area contributed by atoms with Gasteiger partial charge < -0.3 is 4.90 Å². The fourth-order valence-corrected chi connectivity index (χ4v) is 6.30. The molecule has 0 N–H and O–H groups in total. The van der Waals surface area contributed by atoms with E-state index in [2.05, 4.69) is 95.9 Å². The Morgan fingerprint density at radius 1 is 0.647 bits per heavy atom. The summed E-state index contributed by atoms with van der Waals surface area (Å²) < 4.78 is 0. The number of hydrogen-bond donors (Lipinski definition) is 0. The Morgan fingerprint density at radius 3 is 1.94 bits per heavy atom. The average molecular weight is 438 g/mol. The summed E-state index contributed by atoms with van der Waals surface area (Å²) in [6.07, 6.45) is 6.50. The van der Waals surface area contributed by atoms with Crippen LogP contribution in [0.15, 0.2) is 127 Å². The van der Waals surface area contributed by atoms with Crippen LogP contribution in [0.25, 0.3) is 0 Å². The molecule has 1 spiro atoms. The lowest BCUT2D eigenvalue weighted by Gasteiger charge is -2.50. The maximum absolute atomic E-state index is 13.7. The van der Waals surface area contributed by atoms with Gasteiger partial charge in [0.1, 0.15) is 0 Å². The summed E-state index contributed by atoms with van der Waals surface area (Å²) in [5, 5.41) is 0. The molecule has 0 amide bonds. The van der Waals surface area contributed by atoms with E-state index >= 15 is 0 Å². The largest absolute Gasteiger partial charge is 0.310 e. The second kappa shape index (κ2) is 7.16. The summed E-state index contributed by atoms with van der Waals surface area (Å²) in [5.74, 6) is 0.119. The van der Waals surface area contributed by atoms with Crippen LogP contribution in [0, 0.1) is 0 Å². The monoisotopic (exact) mass is 437 g/mol. The third-order valence-electron chi connectivity index (χ3n) is 7.55. The molecule has 0 atom stereocenters. The van der Waals surface area contributed by atoms with E-state index in [4.69, 9.17) is 0 Å². The Hall–Kier alpha value is -4.17. The summed E-state index contributed by atoms with van der Waals surface area (Å²) in [7, 11) is 0. The Bertz CT molecular complexity index is 1480. The standard InChI is InChI=1S/C32H23NO/c34-31-23-14-4-6-16-25(23)32(26-17-7-5-15-24(26)31)27-18-8-10-20-29(27)33(22-12-2-1-3-13-22)30-21-11-9-19-28(30)32/h1-8,10-18,20-21H,9,19H2. The quantitative estimate of drug-likeness (QED) is 0.311. The van der Waals surface area contributed by atoms with Gasteiger partial charge in [0.25, 0.3) is 0 Å². The van der Waals surface area contributed by atoms with Gasteiger partial charge in [-0.2, -0.15) is 0 Å². The number of hydrogen-bond acceptors (Lipinski definition) is 2. The van der Waals surface area contributed by atoms with Gasteiger partial charge in [0, 0.05) is 22.5 Å². The van der Waals surface area contributed by atoms with Gasteiger partial charge in [-0.25, -0.2) is 0 Å². The van der Waals surface area contributed by atoms with Crippen molar-refractivity contribution in [3.8, 4) is 0 Å². The number of benzene rings is 4. The Kier molecular flexibility index (Phi) is 4.07. The van der Waals surface area contributed by atoms with Crippen LogP contribution in [0.2, 0.25) is 0 Å². The molecule has 4 aromatic carbocycles. The maximum Gasteiger partial charge on any atom is 0.193 e.